The Morgan fingerprint density at radius 3 is 1.50 bits per heavy atom. The predicted molar refractivity (Wildman–Crippen MR) is 74.7 cm³/mol. The molecule has 0 saturated heterocycles. The fourth-order valence-corrected chi connectivity index (χ4v) is 2.43. The molecule has 0 aliphatic rings. The third-order valence-electron chi connectivity index (χ3n) is 3.13. The van der Waals surface area contributed by atoms with E-state index in [0.29, 0.717) is 12.8 Å². The number of hydrogen-bond acceptors (Lipinski definition) is 2. The molecular weight excluding hydrogens is 224 g/mol. The van der Waals surface area contributed by atoms with Crippen LogP contribution in [0.4, 0.5) is 0 Å². The predicted octanol–water partition coefficient (Wildman–Crippen LogP) is 2.69. The largest absolute Gasteiger partial charge is 0.393 e. The second-order valence-corrected chi connectivity index (χ2v) is 5.04. The Labute approximate surface area is 108 Å². The quantitative estimate of drug-likeness (QED) is 0.868. The summed E-state index contributed by atoms with van der Waals surface area (Å²) < 4.78 is 0. The Morgan fingerprint density at radius 1 is 0.778 bits per heavy atom. The van der Waals surface area contributed by atoms with Gasteiger partial charge in [-0.1, -0.05) is 36.4 Å². The number of rotatable bonds is 4. The number of benzene rings is 2. The van der Waals surface area contributed by atoms with Gasteiger partial charge in [0, 0.05) is 0 Å². The van der Waals surface area contributed by atoms with Crippen molar-refractivity contribution in [2.24, 2.45) is 0 Å². The summed E-state index contributed by atoms with van der Waals surface area (Å²) in [6.07, 6.45) is 0.650. The van der Waals surface area contributed by atoms with Gasteiger partial charge in [-0.15, -0.1) is 0 Å². The van der Waals surface area contributed by atoms with Gasteiger partial charge >= 0.3 is 0 Å². The van der Waals surface area contributed by atoms with Gasteiger partial charge in [-0.25, -0.2) is 0 Å². The summed E-state index contributed by atoms with van der Waals surface area (Å²) in [5.41, 5.74) is 2.32. The molecular formula is C16H20O2. The van der Waals surface area contributed by atoms with Crippen LogP contribution in [0.3, 0.4) is 0 Å². The van der Waals surface area contributed by atoms with Crippen molar-refractivity contribution in [2.45, 2.75) is 38.9 Å². The second kappa shape index (κ2) is 5.51. The summed E-state index contributed by atoms with van der Waals surface area (Å²) in [4.78, 5) is 0. The van der Waals surface area contributed by atoms with E-state index in [1.54, 1.807) is 13.8 Å². The van der Waals surface area contributed by atoms with Crippen molar-refractivity contribution in [3.63, 3.8) is 0 Å². The molecule has 0 fully saturated rings. The normalized spacial score (nSPS) is 14.7. The highest BCUT2D eigenvalue weighted by Crippen LogP contribution is 2.24. The van der Waals surface area contributed by atoms with E-state index >= 15 is 0 Å². The molecule has 0 aliphatic carbocycles. The average molecular weight is 244 g/mol. The van der Waals surface area contributed by atoms with Crippen LogP contribution in [0.25, 0.3) is 10.8 Å². The van der Waals surface area contributed by atoms with Gasteiger partial charge in [0.05, 0.1) is 12.2 Å². The van der Waals surface area contributed by atoms with Crippen LogP contribution < -0.4 is 0 Å². The lowest BCUT2D eigenvalue weighted by atomic mass is 9.95. The number of aliphatic hydroxyl groups is 2. The van der Waals surface area contributed by atoms with Gasteiger partial charge < -0.3 is 10.2 Å². The van der Waals surface area contributed by atoms with Crippen molar-refractivity contribution < 1.29 is 10.2 Å². The molecule has 2 heteroatoms. The minimum atomic E-state index is -0.337. The van der Waals surface area contributed by atoms with E-state index in [2.05, 4.69) is 24.3 Å². The maximum atomic E-state index is 9.54. The molecule has 2 atom stereocenters. The first kappa shape index (κ1) is 13.1. The van der Waals surface area contributed by atoms with E-state index < -0.39 is 0 Å². The van der Waals surface area contributed by atoms with E-state index in [4.69, 9.17) is 0 Å². The van der Waals surface area contributed by atoms with Crippen LogP contribution in [0.2, 0.25) is 0 Å². The van der Waals surface area contributed by atoms with E-state index in [-0.39, 0.29) is 12.2 Å². The molecule has 2 aromatic rings. The average Bonchev–Trinajstić information content (AvgIpc) is 2.29. The molecule has 2 aromatic carbocycles. The third-order valence-corrected chi connectivity index (χ3v) is 3.13. The van der Waals surface area contributed by atoms with Crippen molar-refractivity contribution in [3.05, 3.63) is 47.5 Å². The highest BCUT2D eigenvalue weighted by molar-refractivity contribution is 5.88. The van der Waals surface area contributed by atoms with Crippen molar-refractivity contribution in [2.75, 3.05) is 0 Å². The molecule has 0 saturated carbocycles. The molecule has 96 valence electrons. The standard InChI is InChI=1S/C16H20O2/c1-11(17)9-13-5-3-8-16-14(10-12(2)18)6-4-7-15(13)16/h3-8,11-12,17-18H,9-10H2,1-2H3. The third kappa shape index (κ3) is 2.89. The Kier molecular flexibility index (Phi) is 4.00. The van der Waals surface area contributed by atoms with E-state index in [9.17, 15) is 10.2 Å². The maximum Gasteiger partial charge on any atom is 0.0552 e. The minimum Gasteiger partial charge on any atom is -0.393 e. The SMILES string of the molecule is CC(O)Cc1cccc2c(CC(C)O)cccc12. The summed E-state index contributed by atoms with van der Waals surface area (Å²) in [5.74, 6) is 0. The molecule has 0 spiro atoms. The van der Waals surface area contributed by atoms with E-state index in [0.717, 1.165) is 11.1 Å². The smallest absolute Gasteiger partial charge is 0.0552 e. The molecule has 0 aliphatic heterocycles. The van der Waals surface area contributed by atoms with Crippen LogP contribution in [0.5, 0.6) is 0 Å². The van der Waals surface area contributed by atoms with Gasteiger partial charge in [0.1, 0.15) is 0 Å². The topological polar surface area (TPSA) is 40.5 Å². The summed E-state index contributed by atoms with van der Waals surface area (Å²) >= 11 is 0. The molecule has 18 heavy (non-hydrogen) atoms. The van der Waals surface area contributed by atoms with Crippen LogP contribution in [-0.2, 0) is 12.8 Å². The Morgan fingerprint density at radius 2 is 1.17 bits per heavy atom. The maximum absolute atomic E-state index is 9.54. The number of aliphatic hydroxyl groups excluding tert-OH is 2. The van der Waals surface area contributed by atoms with Crippen molar-refractivity contribution >= 4 is 10.8 Å². The lowest BCUT2D eigenvalue weighted by Crippen LogP contribution is -2.06. The van der Waals surface area contributed by atoms with E-state index in [1.807, 2.05) is 12.1 Å². The first-order valence-corrected chi connectivity index (χ1v) is 6.43. The molecule has 0 radical (unpaired) electrons. The molecule has 0 bridgehead atoms. The molecule has 0 amide bonds. The summed E-state index contributed by atoms with van der Waals surface area (Å²) in [6.45, 7) is 3.61. The summed E-state index contributed by atoms with van der Waals surface area (Å²) in [5, 5.41) is 21.4. The van der Waals surface area contributed by atoms with Crippen LogP contribution in [0.1, 0.15) is 25.0 Å². The fourth-order valence-electron chi connectivity index (χ4n) is 2.43. The minimum absolute atomic E-state index is 0.337. The van der Waals surface area contributed by atoms with Gasteiger partial charge in [-0.2, -0.15) is 0 Å². The molecule has 2 N–H and O–H groups in total. The van der Waals surface area contributed by atoms with Gasteiger partial charge in [0.25, 0.3) is 0 Å². The van der Waals surface area contributed by atoms with Crippen molar-refractivity contribution in [1.29, 1.82) is 0 Å². The van der Waals surface area contributed by atoms with Crippen LogP contribution in [0, 0.1) is 0 Å². The summed E-state index contributed by atoms with van der Waals surface area (Å²) in [6, 6.07) is 12.3. The van der Waals surface area contributed by atoms with Crippen molar-refractivity contribution in [3.8, 4) is 0 Å². The van der Waals surface area contributed by atoms with E-state index in [1.165, 1.54) is 10.8 Å². The zero-order valence-electron chi connectivity index (χ0n) is 10.9. The fraction of sp³-hybridized carbons (Fsp3) is 0.375. The highest BCUT2D eigenvalue weighted by atomic mass is 16.3. The number of fused-ring (bicyclic) bond motifs is 1. The van der Waals surface area contributed by atoms with Crippen LogP contribution in [0.15, 0.2) is 36.4 Å². The van der Waals surface area contributed by atoms with Gasteiger partial charge in [-0.3, -0.25) is 0 Å². The Hall–Kier alpha value is -1.38. The molecule has 0 heterocycles. The highest BCUT2D eigenvalue weighted by Gasteiger charge is 2.08. The van der Waals surface area contributed by atoms with Gasteiger partial charge in [0.2, 0.25) is 0 Å². The molecule has 0 aromatic heterocycles. The van der Waals surface area contributed by atoms with Gasteiger partial charge in [-0.05, 0) is 48.6 Å². The molecule has 2 rings (SSSR count). The van der Waals surface area contributed by atoms with Gasteiger partial charge in [0.15, 0.2) is 0 Å². The lowest BCUT2D eigenvalue weighted by Gasteiger charge is -2.12. The zero-order chi connectivity index (χ0) is 13.1. The number of hydrogen-bond donors (Lipinski definition) is 2. The molecule has 2 unspecified atom stereocenters. The summed E-state index contributed by atoms with van der Waals surface area (Å²) in [7, 11) is 0. The monoisotopic (exact) mass is 244 g/mol. The van der Waals surface area contributed by atoms with Crippen molar-refractivity contribution in [1.82, 2.24) is 0 Å². The second-order valence-electron chi connectivity index (χ2n) is 5.04. The molecule has 2 nitrogen and oxygen atoms in total. The first-order valence-electron chi connectivity index (χ1n) is 6.43. The zero-order valence-corrected chi connectivity index (χ0v) is 10.9. The Balaban J connectivity index is 2.50. The van der Waals surface area contributed by atoms with Crippen LogP contribution in [-0.4, -0.2) is 22.4 Å². The first-order chi connectivity index (χ1) is 8.58. The Bertz CT molecular complexity index is 480. The van der Waals surface area contributed by atoms with Crippen LogP contribution >= 0.6 is 0 Å². The lowest BCUT2D eigenvalue weighted by molar-refractivity contribution is 0.195.